The number of hydrogen-bond donors (Lipinski definition) is 2. The molecule has 0 heterocycles. The van der Waals surface area contributed by atoms with Crippen molar-refractivity contribution in [2.75, 3.05) is 6.54 Å². The Bertz CT molecular complexity index is 167. The van der Waals surface area contributed by atoms with E-state index in [1.54, 1.807) is 6.92 Å². The summed E-state index contributed by atoms with van der Waals surface area (Å²) in [5, 5.41) is 0. The van der Waals surface area contributed by atoms with Gasteiger partial charge in [0.05, 0.1) is 6.10 Å². The van der Waals surface area contributed by atoms with Crippen LogP contribution in [-0.4, -0.2) is 18.6 Å². The van der Waals surface area contributed by atoms with Crippen LogP contribution in [0.3, 0.4) is 0 Å². The van der Waals surface area contributed by atoms with Crippen molar-refractivity contribution < 1.29 is 9.63 Å². The first-order valence-electron chi connectivity index (χ1n) is 4.88. The summed E-state index contributed by atoms with van der Waals surface area (Å²) in [7, 11) is 0. The van der Waals surface area contributed by atoms with Gasteiger partial charge in [0.2, 0.25) is 5.91 Å². The van der Waals surface area contributed by atoms with Gasteiger partial charge < -0.3 is 5.73 Å². The molecule has 4 heteroatoms. The molecule has 3 N–H and O–H groups in total. The van der Waals surface area contributed by atoms with E-state index in [0.717, 1.165) is 12.8 Å². The average molecular weight is 186 g/mol. The highest BCUT2D eigenvalue weighted by Gasteiger charge is 2.16. The largest absolute Gasteiger partial charge is 0.369 e. The third kappa shape index (κ3) is 3.74. The maximum atomic E-state index is 10.7. The summed E-state index contributed by atoms with van der Waals surface area (Å²) in [6.45, 7) is 2.29. The molecule has 0 spiro atoms. The topological polar surface area (TPSA) is 64.3 Å². The zero-order valence-electron chi connectivity index (χ0n) is 8.08. The molecule has 1 aliphatic rings. The number of rotatable bonds is 5. The van der Waals surface area contributed by atoms with Crippen molar-refractivity contribution in [3.05, 3.63) is 0 Å². The van der Waals surface area contributed by atoms with Crippen LogP contribution < -0.4 is 11.2 Å². The van der Waals surface area contributed by atoms with Crippen LogP contribution >= 0.6 is 0 Å². The van der Waals surface area contributed by atoms with Gasteiger partial charge in [-0.3, -0.25) is 9.63 Å². The highest BCUT2D eigenvalue weighted by atomic mass is 16.7. The number of hydroxylamine groups is 1. The van der Waals surface area contributed by atoms with Crippen molar-refractivity contribution >= 4 is 5.91 Å². The Morgan fingerprint density at radius 3 is 2.77 bits per heavy atom. The van der Waals surface area contributed by atoms with E-state index in [4.69, 9.17) is 10.6 Å². The summed E-state index contributed by atoms with van der Waals surface area (Å²) in [6.07, 6.45) is 5.07. The fraction of sp³-hybridized carbons (Fsp3) is 0.889. The number of carbonyl (C=O) groups is 1. The fourth-order valence-electron chi connectivity index (χ4n) is 1.40. The molecule has 13 heavy (non-hydrogen) atoms. The van der Waals surface area contributed by atoms with Gasteiger partial charge in [0.25, 0.3) is 0 Å². The van der Waals surface area contributed by atoms with Crippen LogP contribution in [0.15, 0.2) is 0 Å². The highest BCUT2D eigenvalue weighted by molar-refractivity contribution is 5.76. The van der Waals surface area contributed by atoms with Gasteiger partial charge in [-0.2, -0.15) is 0 Å². The van der Waals surface area contributed by atoms with Gasteiger partial charge in [0.15, 0.2) is 0 Å². The van der Waals surface area contributed by atoms with E-state index in [1.807, 2.05) is 0 Å². The first-order chi connectivity index (χ1) is 6.20. The number of carbonyl (C=O) groups excluding carboxylic acids is 1. The normalized spacial score (nSPS) is 20.4. The summed E-state index contributed by atoms with van der Waals surface area (Å²) in [5.41, 5.74) is 7.90. The molecular formula is C9H18N2O2. The van der Waals surface area contributed by atoms with Gasteiger partial charge >= 0.3 is 0 Å². The van der Waals surface area contributed by atoms with Crippen LogP contribution in [0, 0.1) is 5.92 Å². The molecule has 1 unspecified atom stereocenters. The van der Waals surface area contributed by atoms with Crippen molar-refractivity contribution in [1.29, 1.82) is 0 Å². The Balaban J connectivity index is 2.02. The Morgan fingerprint density at radius 2 is 2.23 bits per heavy atom. The summed E-state index contributed by atoms with van der Waals surface area (Å²) >= 11 is 0. The molecule has 0 aromatic heterocycles. The Hall–Kier alpha value is -0.610. The van der Waals surface area contributed by atoms with Crippen molar-refractivity contribution in [1.82, 2.24) is 5.48 Å². The van der Waals surface area contributed by atoms with Crippen LogP contribution in [0.2, 0.25) is 0 Å². The van der Waals surface area contributed by atoms with Crippen LogP contribution in [0.4, 0.5) is 0 Å². The first kappa shape index (κ1) is 10.5. The molecule has 1 fully saturated rings. The van der Waals surface area contributed by atoms with Crippen LogP contribution in [-0.2, 0) is 9.63 Å². The molecule has 1 rings (SSSR count). The van der Waals surface area contributed by atoms with E-state index in [1.165, 1.54) is 12.8 Å². The average Bonchev–Trinajstić information content (AvgIpc) is 2.56. The SMILES string of the molecule is CC(CNOC1CCCC1)C(N)=O. The molecule has 0 aliphatic heterocycles. The summed E-state index contributed by atoms with van der Waals surface area (Å²) < 4.78 is 0. The lowest BCUT2D eigenvalue weighted by atomic mass is 10.2. The number of amides is 1. The van der Waals surface area contributed by atoms with E-state index < -0.39 is 0 Å². The first-order valence-corrected chi connectivity index (χ1v) is 4.88. The molecule has 0 bridgehead atoms. The molecule has 1 saturated carbocycles. The van der Waals surface area contributed by atoms with E-state index in [0.29, 0.717) is 12.6 Å². The van der Waals surface area contributed by atoms with Crippen molar-refractivity contribution in [2.45, 2.75) is 38.7 Å². The van der Waals surface area contributed by atoms with Crippen LogP contribution in [0.25, 0.3) is 0 Å². The minimum absolute atomic E-state index is 0.165. The van der Waals surface area contributed by atoms with Gasteiger partial charge in [-0.25, -0.2) is 5.48 Å². The Kier molecular flexibility index (Phi) is 4.18. The van der Waals surface area contributed by atoms with E-state index in [-0.39, 0.29) is 11.8 Å². The lowest BCUT2D eigenvalue weighted by Gasteiger charge is -2.13. The summed E-state index contributed by atoms with van der Waals surface area (Å²) in [6, 6.07) is 0. The third-order valence-corrected chi connectivity index (χ3v) is 2.43. The monoisotopic (exact) mass is 186 g/mol. The molecule has 0 aromatic carbocycles. The lowest BCUT2D eigenvalue weighted by Crippen LogP contribution is -2.32. The van der Waals surface area contributed by atoms with Crippen LogP contribution in [0.1, 0.15) is 32.6 Å². The smallest absolute Gasteiger partial charge is 0.221 e. The predicted octanol–water partition coefficient (Wildman–Crippen LogP) is 0.572. The minimum Gasteiger partial charge on any atom is -0.369 e. The van der Waals surface area contributed by atoms with E-state index >= 15 is 0 Å². The lowest BCUT2D eigenvalue weighted by molar-refractivity contribution is -0.122. The van der Waals surface area contributed by atoms with Gasteiger partial charge in [0.1, 0.15) is 0 Å². The zero-order valence-corrected chi connectivity index (χ0v) is 8.08. The number of nitrogens with one attached hydrogen (secondary N) is 1. The van der Waals surface area contributed by atoms with E-state index in [9.17, 15) is 4.79 Å². The molecular weight excluding hydrogens is 168 g/mol. The minimum atomic E-state index is -0.289. The predicted molar refractivity (Wildman–Crippen MR) is 49.7 cm³/mol. The molecule has 0 aromatic rings. The second kappa shape index (κ2) is 5.19. The zero-order chi connectivity index (χ0) is 9.68. The summed E-state index contributed by atoms with van der Waals surface area (Å²) in [4.78, 5) is 16.0. The van der Waals surface area contributed by atoms with Gasteiger partial charge in [-0.15, -0.1) is 0 Å². The highest BCUT2D eigenvalue weighted by Crippen LogP contribution is 2.19. The van der Waals surface area contributed by atoms with Crippen molar-refractivity contribution in [2.24, 2.45) is 11.7 Å². The molecule has 1 atom stereocenters. The number of nitrogens with two attached hydrogens (primary N) is 1. The van der Waals surface area contributed by atoms with Crippen molar-refractivity contribution in [3.63, 3.8) is 0 Å². The second-order valence-corrected chi connectivity index (χ2v) is 3.68. The quantitative estimate of drug-likeness (QED) is 0.617. The molecule has 0 radical (unpaired) electrons. The molecule has 4 nitrogen and oxygen atoms in total. The van der Waals surface area contributed by atoms with Gasteiger partial charge in [-0.1, -0.05) is 19.8 Å². The van der Waals surface area contributed by atoms with Gasteiger partial charge in [0, 0.05) is 12.5 Å². The Labute approximate surface area is 78.8 Å². The summed E-state index contributed by atoms with van der Waals surface area (Å²) in [5.74, 6) is -0.455. The molecule has 0 saturated heterocycles. The number of hydrogen-bond acceptors (Lipinski definition) is 3. The van der Waals surface area contributed by atoms with Crippen LogP contribution in [0.5, 0.6) is 0 Å². The number of primary amides is 1. The molecule has 76 valence electrons. The third-order valence-electron chi connectivity index (χ3n) is 2.43. The van der Waals surface area contributed by atoms with Crippen molar-refractivity contribution in [3.8, 4) is 0 Å². The Morgan fingerprint density at radius 1 is 1.62 bits per heavy atom. The second-order valence-electron chi connectivity index (χ2n) is 3.68. The van der Waals surface area contributed by atoms with E-state index in [2.05, 4.69) is 5.48 Å². The maximum absolute atomic E-state index is 10.7. The van der Waals surface area contributed by atoms with Gasteiger partial charge in [-0.05, 0) is 12.8 Å². The maximum Gasteiger partial charge on any atom is 0.221 e. The molecule has 1 aliphatic carbocycles. The fourth-order valence-corrected chi connectivity index (χ4v) is 1.40. The molecule has 1 amide bonds. The standard InChI is InChI=1S/C9H18N2O2/c1-7(9(10)12)6-11-13-8-4-2-3-5-8/h7-8,11H,2-6H2,1H3,(H2,10,12).